The van der Waals surface area contributed by atoms with Crippen molar-refractivity contribution in [3.63, 3.8) is 0 Å². The molecule has 1 aromatic rings. The lowest BCUT2D eigenvalue weighted by atomic mass is 10.1. The molecule has 1 unspecified atom stereocenters. The Kier molecular flexibility index (Phi) is 4.20. The fourth-order valence-corrected chi connectivity index (χ4v) is 3.36. The second-order valence-corrected chi connectivity index (χ2v) is 6.45. The van der Waals surface area contributed by atoms with E-state index >= 15 is 0 Å². The molecule has 0 saturated carbocycles. The van der Waals surface area contributed by atoms with Crippen LogP contribution in [0.1, 0.15) is 18.4 Å². The van der Waals surface area contributed by atoms with Crippen molar-refractivity contribution < 1.29 is 5.11 Å². The minimum absolute atomic E-state index is 0.336. The lowest BCUT2D eigenvalue weighted by Gasteiger charge is -2.14. The maximum absolute atomic E-state index is 8.88. The molecule has 0 aromatic carbocycles. The molecule has 0 spiro atoms. The van der Waals surface area contributed by atoms with E-state index in [0.29, 0.717) is 12.5 Å². The molecule has 1 aromatic heterocycles. The summed E-state index contributed by atoms with van der Waals surface area (Å²) in [6, 6.07) is 2.20. The first-order valence-electron chi connectivity index (χ1n) is 5.34. The summed E-state index contributed by atoms with van der Waals surface area (Å²) in [6.45, 7) is 3.72. The van der Waals surface area contributed by atoms with Crippen molar-refractivity contribution >= 4 is 27.3 Å². The van der Waals surface area contributed by atoms with Crippen LogP contribution in [0.5, 0.6) is 0 Å². The van der Waals surface area contributed by atoms with E-state index in [9.17, 15) is 0 Å². The molecular weight excluding hydrogens is 274 g/mol. The van der Waals surface area contributed by atoms with Gasteiger partial charge in [0, 0.05) is 19.7 Å². The van der Waals surface area contributed by atoms with Crippen LogP contribution in [0.2, 0.25) is 0 Å². The maximum Gasteiger partial charge on any atom is 0.0701 e. The predicted molar refractivity (Wildman–Crippen MR) is 67.1 cm³/mol. The summed E-state index contributed by atoms with van der Waals surface area (Å²) < 4.78 is 1.21. The first kappa shape index (κ1) is 11.6. The monoisotopic (exact) mass is 289 g/mol. The smallest absolute Gasteiger partial charge is 0.0701 e. The predicted octanol–water partition coefficient (Wildman–Crippen LogP) is 2.71. The molecule has 1 fully saturated rings. The van der Waals surface area contributed by atoms with E-state index in [1.807, 2.05) is 0 Å². The van der Waals surface area contributed by atoms with E-state index in [1.54, 1.807) is 11.3 Å². The Bertz CT molecular complexity index is 315. The molecule has 4 heteroatoms. The van der Waals surface area contributed by atoms with Gasteiger partial charge in [0.15, 0.2) is 0 Å². The molecule has 0 bridgehead atoms. The number of hydrogen-bond acceptors (Lipinski definition) is 3. The van der Waals surface area contributed by atoms with Crippen molar-refractivity contribution in [3.05, 3.63) is 20.8 Å². The molecule has 15 heavy (non-hydrogen) atoms. The van der Waals surface area contributed by atoms with E-state index in [-0.39, 0.29) is 0 Å². The normalized spacial score (nSPS) is 22.4. The van der Waals surface area contributed by atoms with Gasteiger partial charge < -0.3 is 5.11 Å². The Labute approximate surface area is 103 Å². The van der Waals surface area contributed by atoms with Gasteiger partial charge in [-0.2, -0.15) is 0 Å². The highest BCUT2D eigenvalue weighted by molar-refractivity contribution is 9.11. The molecule has 1 aliphatic rings. The van der Waals surface area contributed by atoms with Crippen LogP contribution in [0.15, 0.2) is 15.2 Å². The number of rotatable bonds is 4. The topological polar surface area (TPSA) is 23.5 Å². The van der Waals surface area contributed by atoms with E-state index in [0.717, 1.165) is 19.5 Å². The Morgan fingerprint density at radius 3 is 3.13 bits per heavy atom. The van der Waals surface area contributed by atoms with Gasteiger partial charge in [-0.05, 0) is 58.2 Å². The van der Waals surface area contributed by atoms with Crippen molar-refractivity contribution in [1.29, 1.82) is 0 Å². The van der Waals surface area contributed by atoms with Gasteiger partial charge in [-0.15, -0.1) is 11.3 Å². The highest BCUT2D eigenvalue weighted by Gasteiger charge is 2.21. The second-order valence-electron chi connectivity index (χ2n) is 4.16. The molecule has 1 saturated heterocycles. The van der Waals surface area contributed by atoms with Gasteiger partial charge in [-0.1, -0.05) is 0 Å². The third kappa shape index (κ3) is 3.28. The lowest BCUT2D eigenvalue weighted by Crippen LogP contribution is -2.20. The summed E-state index contributed by atoms with van der Waals surface area (Å²) in [5.74, 6) is 0.706. The molecule has 1 atom stereocenters. The van der Waals surface area contributed by atoms with E-state index in [1.165, 1.54) is 22.3 Å². The Morgan fingerprint density at radius 2 is 2.47 bits per heavy atom. The van der Waals surface area contributed by atoms with Crippen molar-refractivity contribution in [2.45, 2.75) is 19.4 Å². The van der Waals surface area contributed by atoms with Gasteiger partial charge >= 0.3 is 0 Å². The third-order valence-corrected chi connectivity index (χ3v) is 4.49. The fraction of sp³-hybridized carbons (Fsp3) is 0.636. The maximum atomic E-state index is 8.88. The van der Waals surface area contributed by atoms with Gasteiger partial charge in [0.05, 0.1) is 3.79 Å². The van der Waals surface area contributed by atoms with Gasteiger partial charge in [0.2, 0.25) is 0 Å². The lowest BCUT2D eigenvalue weighted by molar-refractivity contribution is 0.249. The highest BCUT2D eigenvalue weighted by atomic mass is 79.9. The summed E-state index contributed by atoms with van der Waals surface area (Å²) in [5.41, 5.74) is 1.40. The molecule has 0 aliphatic carbocycles. The standard InChI is InChI=1S/C11H16BrNOS/c12-11-5-10(8-15-11)7-13-3-1-9(6-13)2-4-14/h5,8-9,14H,1-4,6-7H2. The fourth-order valence-electron chi connectivity index (χ4n) is 2.16. The third-order valence-electron chi connectivity index (χ3n) is 2.94. The first-order valence-corrected chi connectivity index (χ1v) is 7.01. The number of aliphatic hydroxyl groups is 1. The Morgan fingerprint density at radius 1 is 1.60 bits per heavy atom. The average molecular weight is 290 g/mol. The molecule has 1 aliphatic heterocycles. The summed E-state index contributed by atoms with van der Waals surface area (Å²) in [7, 11) is 0. The highest BCUT2D eigenvalue weighted by Crippen LogP contribution is 2.25. The number of halogens is 1. The minimum atomic E-state index is 0.336. The van der Waals surface area contributed by atoms with Gasteiger partial charge in [0.1, 0.15) is 0 Å². The minimum Gasteiger partial charge on any atom is -0.396 e. The SMILES string of the molecule is OCCC1CCN(Cc2csc(Br)c2)C1. The summed E-state index contributed by atoms with van der Waals surface area (Å²) in [4.78, 5) is 2.48. The molecule has 0 amide bonds. The quantitative estimate of drug-likeness (QED) is 0.921. The first-order chi connectivity index (χ1) is 7.28. The van der Waals surface area contributed by atoms with Crippen LogP contribution in [0, 0.1) is 5.92 Å². The van der Waals surface area contributed by atoms with Crippen molar-refractivity contribution in [2.24, 2.45) is 5.92 Å². The number of likely N-dealkylation sites (tertiary alicyclic amines) is 1. The van der Waals surface area contributed by atoms with Gasteiger partial charge in [0.25, 0.3) is 0 Å². The zero-order valence-electron chi connectivity index (χ0n) is 8.66. The zero-order valence-corrected chi connectivity index (χ0v) is 11.1. The largest absolute Gasteiger partial charge is 0.396 e. The van der Waals surface area contributed by atoms with Crippen LogP contribution in [-0.2, 0) is 6.54 Å². The van der Waals surface area contributed by atoms with Crippen LogP contribution < -0.4 is 0 Å². The van der Waals surface area contributed by atoms with E-state index in [2.05, 4.69) is 32.3 Å². The second kappa shape index (κ2) is 5.43. The van der Waals surface area contributed by atoms with Gasteiger partial charge in [-0.3, -0.25) is 4.90 Å². The number of thiophene rings is 1. The molecule has 1 N–H and O–H groups in total. The van der Waals surface area contributed by atoms with Crippen LogP contribution in [0.25, 0.3) is 0 Å². The van der Waals surface area contributed by atoms with Crippen LogP contribution in [0.3, 0.4) is 0 Å². The Hall–Kier alpha value is 0.100. The van der Waals surface area contributed by atoms with Gasteiger partial charge in [-0.25, -0.2) is 0 Å². The summed E-state index contributed by atoms with van der Waals surface area (Å²) >= 11 is 5.23. The van der Waals surface area contributed by atoms with Crippen LogP contribution >= 0.6 is 27.3 Å². The van der Waals surface area contributed by atoms with Crippen molar-refractivity contribution in [2.75, 3.05) is 19.7 Å². The number of aliphatic hydroxyl groups excluding tert-OH is 1. The number of hydrogen-bond donors (Lipinski definition) is 1. The number of nitrogens with zero attached hydrogens (tertiary/aromatic N) is 1. The van der Waals surface area contributed by atoms with E-state index in [4.69, 9.17) is 5.11 Å². The molecule has 2 rings (SSSR count). The molecular formula is C11H16BrNOS. The summed E-state index contributed by atoms with van der Waals surface area (Å²) in [5, 5.41) is 11.1. The molecule has 0 radical (unpaired) electrons. The summed E-state index contributed by atoms with van der Waals surface area (Å²) in [6.07, 6.45) is 2.20. The van der Waals surface area contributed by atoms with Crippen LogP contribution in [-0.4, -0.2) is 29.7 Å². The zero-order chi connectivity index (χ0) is 10.7. The average Bonchev–Trinajstić information content (AvgIpc) is 2.78. The molecule has 84 valence electrons. The molecule has 2 nitrogen and oxygen atoms in total. The molecule has 2 heterocycles. The van der Waals surface area contributed by atoms with Crippen molar-refractivity contribution in [1.82, 2.24) is 4.90 Å². The Balaban J connectivity index is 1.82. The van der Waals surface area contributed by atoms with E-state index < -0.39 is 0 Å². The van der Waals surface area contributed by atoms with Crippen LogP contribution in [0.4, 0.5) is 0 Å². The van der Waals surface area contributed by atoms with Crippen molar-refractivity contribution in [3.8, 4) is 0 Å².